The molecular weight excluding hydrogens is 374 g/mol. The summed E-state index contributed by atoms with van der Waals surface area (Å²) in [7, 11) is 0. The minimum absolute atomic E-state index is 0.0141. The van der Waals surface area contributed by atoms with Crippen LogP contribution in [0.1, 0.15) is 42.9 Å². The first-order valence-corrected chi connectivity index (χ1v) is 11.1. The van der Waals surface area contributed by atoms with Crippen molar-refractivity contribution in [3.05, 3.63) is 71.8 Å². The molecule has 158 valence electrons. The van der Waals surface area contributed by atoms with Gasteiger partial charge in [-0.05, 0) is 49.9 Å². The summed E-state index contributed by atoms with van der Waals surface area (Å²) in [6.45, 7) is 3.82. The zero-order valence-corrected chi connectivity index (χ0v) is 17.5. The normalized spacial score (nSPS) is 18.9. The van der Waals surface area contributed by atoms with Gasteiger partial charge in [-0.25, -0.2) is 0 Å². The number of amides is 2. The topological polar surface area (TPSA) is 52.7 Å². The van der Waals surface area contributed by atoms with Gasteiger partial charge >= 0.3 is 0 Å². The van der Waals surface area contributed by atoms with Crippen LogP contribution in [-0.4, -0.2) is 47.8 Å². The Bertz CT molecular complexity index is 826. The van der Waals surface area contributed by atoms with Gasteiger partial charge in [-0.3, -0.25) is 14.5 Å². The quantitative estimate of drug-likeness (QED) is 0.802. The van der Waals surface area contributed by atoms with Crippen molar-refractivity contribution in [3.8, 4) is 0 Å². The number of benzene rings is 2. The molecule has 2 amide bonds. The molecule has 4 rings (SSSR count). The van der Waals surface area contributed by atoms with E-state index in [0.717, 1.165) is 49.9 Å². The molecule has 2 aromatic rings. The number of likely N-dealkylation sites (tertiary alicyclic amines) is 2. The molecule has 0 bridgehead atoms. The van der Waals surface area contributed by atoms with Gasteiger partial charge in [0.15, 0.2) is 0 Å². The molecule has 2 fully saturated rings. The molecule has 0 spiro atoms. The summed E-state index contributed by atoms with van der Waals surface area (Å²) in [6.07, 6.45) is 3.77. The lowest BCUT2D eigenvalue weighted by molar-refractivity contribution is -0.140. The number of nitrogens with one attached hydrogen (secondary N) is 1. The summed E-state index contributed by atoms with van der Waals surface area (Å²) in [5.41, 5.74) is 2.18. The van der Waals surface area contributed by atoms with Crippen LogP contribution in [0.25, 0.3) is 0 Å². The van der Waals surface area contributed by atoms with Crippen LogP contribution < -0.4 is 5.32 Å². The Kier molecular flexibility index (Phi) is 6.80. The van der Waals surface area contributed by atoms with Gasteiger partial charge in [0, 0.05) is 25.6 Å². The molecule has 0 aliphatic carbocycles. The van der Waals surface area contributed by atoms with Crippen molar-refractivity contribution in [1.82, 2.24) is 15.1 Å². The molecule has 0 saturated carbocycles. The monoisotopic (exact) mass is 405 g/mol. The molecule has 1 N–H and O–H groups in total. The van der Waals surface area contributed by atoms with E-state index in [1.54, 1.807) is 0 Å². The van der Waals surface area contributed by atoms with Crippen LogP contribution in [0.4, 0.5) is 0 Å². The highest BCUT2D eigenvalue weighted by molar-refractivity contribution is 5.84. The van der Waals surface area contributed by atoms with Gasteiger partial charge < -0.3 is 10.2 Å². The molecule has 2 aliphatic heterocycles. The first-order valence-electron chi connectivity index (χ1n) is 11.1. The number of nitrogens with zero attached hydrogens (tertiary/aromatic N) is 2. The van der Waals surface area contributed by atoms with Gasteiger partial charge in [0.25, 0.3) is 0 Å². The van der Waals surface area contributed by atoms with Crippen LogP contribution in [0.5, 0.6) is 0 Å². The molecule has 0 radical (unpaired) electrons. The fraction of sp³-hybridized carbons (Fsp3) is 0.440. The molecule has 2 heterocycles. The Balaban J connectivity index is 1.34. The van der Waals surface area contributed by atoms with Crippen LogP contribution in [0.15, 0.2) is 60.7 Å². The molecule has 2 aliphatic rings. The second-order valence-electron chi connectivity index (χ2n) is 8.36. The van der Waals surface area contributed by atoms with Crippen molar-refractivity contribution in [2.45, 2.75) is 38.3 Å². The fourth-order valence-corrected chi connectivity index (χ4v) is 4.61. The van der Waals surface area contributed by atoms with Crippen molar-refractivity contribution < 1.29 is 9.59 Å². The van der Waals surface area contributed by atoms with Crippen molar-refractivity contribution in [3.63, 3.8) is 0 Å². The standard InChI is InChI=1S/C25H31N3O2/c29-24(26-19-20-9-3-1-4-10-20)22-13-17-28(18-14-22)25(30)23(27-15-7-8-16-27)21-11-5-2-6-12-21/h1-6,9-12,22-23H,7-8,13-19H2,(H,26,29). The minimum atomic E-state index is -0.197. The zero-order valence-electron chi connectivity index (χ0n) is 17.5. The highest BCUT2D eigenvalue weighted by Gasteiger charge is 2.35. The van der Waals surface area contributed by atoms with Crippen LogP contribution in [0.3, 0.4) is 0 Å². The number of carbonyl (C=O) groups excluding carboxylic acids is 2. The van der Waals surface area contributed by atoms with E-state index < -0.39 is 0 Å². The molecule has 0 aromatic heterocycles. The van der Waals surface area contributed by atoms with Crippen molar-refractivity contribution in [2.24, 2.45) is 5.92 Å². The Labute approximate surface area is 179 Å². The lowest BCUT2D eigenvalue weighted by atomic mass is 9.94. The van der Waals surface area contributed by atoms with Gasteiger partial charge in [0.2, 0.25) is 11.8 Å². The lowest BCUT2D eigenvalue weighted by Crippen LogP contribution is -2.47. The fourth-order valence-electron chi connectivity index (χ4n) is 4.61. The second-order valence-corrected chi connectivity index (χ2v) is 8.36. The average Bonchev–Trinajstić information content (AvgIpc) is 3.33. The Hall–Kier alpha value is -2.66. The summed E-state index contributed by atoms with van der Waals surface area (Å²) in [6, 6.07) is 19.9. The van der Waals surface area contributed by atoms with Gasteiger partial charge in [-0.1, -0.05) is 60.7 Å². The van der Waals surface area contributed by atoms with Gasteiger partial charge in [-0.15, -0.1) is 0 Å². The first kappa shape index (κ1) is 20.6. The van der Waals surface area contributed by atoms with Crippen molar-refractivity contribution in [2.75, 3.05) is 26.2 Å². The molecule has 5 nitrogen and oxygen atoms in total. The van der Waals surface area contributed by atoms with Gasteiger partial charge in [0.05, 0.1) is 0 Å². The summed E-state index contributed by atoms with van der Waals surface area (Å²) in [4.78, 5) is 30.3. The molecule has 5 heteroatoms. The molecule has 2 aromatic carbocycles. The highest BCUT2D eigenvalue weighted by Crippen LogP contribution is 2.29. The van der Waals surface area contributed by atoms with E-state index in [9.17, 15) is 9.59 Å². The third-order valence-corrected chi connectivity index (χ3v) is 6.34. The maximum atomic E-state index is 13.5. The van der Waals surface area contributed by atoms with E-state index in [-0.39, 0.29) is 23.8 Å². The highest BCUT2D eigenvalue weighted by atomic mass is 16.2. The second kappa shape index (κ2) is 9.90. The van der Waals surface area contributed by atoms with Crippen molar-refractivity contribution >= 4 is 11.8 Å². The Morgan fingerprint density at radius 2 is 1.47 bits per heavy atom. The SMILES string of the molecule is O=C(NCc1ccccc1)C1CCN(C(=O)C(c2ccccc2)N2CCCC2)CC1. The minimum Gasteiger partial charge on any atom is -0.352 e. The van der Waals surface area contributed by atoms with E-state index in [2.05, 4.69) is 22.3 Å². The summed E-state index contributed by atoms with van der Waals surface area (Å²) in [5.74, 6) is 0.274. The van der Waals surface area contributed by atoms with E-state index >= 15 is 0 Å². The summed E-state index contributed by atoms with van der Waals surface area (Å²) < 4.78 is 0. The average molecular weight is 406 g/mol. The van der Waals surface area contributed by atoms with Crippen molar-refractivity contribution in [1.29, 1.82) is 0 Å². The summed E-state index contributed by atoms with van der Waals surface area (Å²) >= 11 is 0. The number of hydrogen-bond donors (Lipinski definition) is 1. The lowest BCUT2D eigenvalue weighted by Gasteiger charge is -2.36. The van der Waals surface area contributed by atoms with Crippen LogP contribution in [0, 0.1) is 5.92 Å². The third-order valence-electron chi connectivity index (χ3n) is 6.34. The number of piperidine rings is 1. The molecule has 30 heavy (non-hydrogen) atoms. The predicted octanol–water partition coefficient (Wildman–Crippen LogP) is 3.38. The van der Waals surface area contributed by atoms with E-state index in [1.165, 1.54) is 0 Å². The molecule has 2 saturated heterocycles. The van der Waals surface area contributed by atoms with Gasteiger partial charge in [-0.2, -0.15) is 0 Å². The number of hydrogen-bond acceptors (Lipinski definition) is 3. The van der Waals surface area contributed by atoms with Gasteiger partial charge in [0.1, 0.15) is 6.04 Å². The van der Waals surface area contributed by atoms with E-state index in [0.29, 0.717) is 19.6 Å². The molecule has 1 unspecified atom stereocenters. The molecule has 1 atom stereocenters. The summed E-state index contributed by atoms with van der Waals surface area (Å²) in [5, 5.41) is 3.06. The zero-order chi connectivity index (χ0) is 20.8. The maximum Gasteiger partial charge on any atom is 0.244 e. The maximum absolute atomic E-state index is 13.5. The smallest absolute Gasteiger partial charge is 0.244 e. The largest absolute Gasteiger partial charge is 0.352 e. The Morgan fingerprint density at radius 3 is 2.10 bits per heavy atom. The van der Waals surface area contributed by atoms with Crippen LogP contribution in [-0.2, 0) is 16.1 Å². The molecular formula is C25H31N3O2. The number of rotatable bonds is 6. The van der Waals surface area contributed by atoms with E-state index in [4.69, 9.17) is 0 Å². The predicted molar refractivity (Wildman–Crippen MR) is 118 cm³/mol. The number of carbonyl (C=O) groups is 2. The first-order chi connectivity index (χ1) is 14.7. The van der Waals surface area contributed by atoms with E-state index in [1.807, 2.05) is 53.4 Å². The Morgan fingerprint density at radius 1 is 0.867 bits per heavy atom. The van der Waals surface area contributed by atoms with Crippen LogP contribution >= 0.6 is 0 Å². The van der Waals surface area contributed by atoms with Crippen LogP contribution in [0.2, 0.25) is 0 Å². The third kappa shape index (κ3) is 4.90.